The second-order valence-electron chi connectivity index (χ2n) is 6.05. The SMILES string of the molecule is CN(C)CCN(Cc1cccnc1)C(=O)NCCc1ccccc1. The highest BCUT2D eigenvalue weighted by Crippen LogP contribution is 2.04. The summed E-state index contributed by atoms with van der Waals surface area (Å²) in [5.74, 6) is 0. The Morgan fingerprint density at radius 2 is 1.79 bits per heavy atom. The van der Waals surface area contributed by atoms with Gasteiger partial charge in [0.25, 0.3) is 0 Å². The molecule has 1 N–H and O–H groups in total. The smallest absolute Gasteiger partial charge is 0.317 e. The molecular weight excluding hydrogens is 300 g/mol. The van der Waals surface area contributed by atoms with E-state index in [0.29, 0.717) is 19.6 Å². The summed E-state index contributed by atoms with van der Waals surface area (Å²) >= 11 is 0. The molecule has 0 saturated carbocycles. The molecule has 0 aliphatic carbocycles. The monoisotopic (exact) mass is 326 g/mol. The molecule has 1 heterocycles. The summed E-state index contributed by atoms with van der Waals surface area (Å²) in [7, 11) is 4.02. The van der Waals surface area contributed by atoms with Crippen molar-refractivity contribution in [2.75, 3.05) is 33.7 Å². The number of nitrogens with one attached hydrogen (secondary N) is 1. The van der Waals surface area contributed by atoms with Gasteiger partial charge in [0.1, 0.15) is 0 Å². The van der Waals surface area contributed by atoms with Gasteiger partial charge in [-0.3, -0.25) is 4.98 Å². The summed E-state index contributed by atoms with van der Waals surface area (Å²) < 4.78 is 0. The van der Waals surface area contributed by atoms with E-state index in [-0.39, 0.29) is 6.03 Å². The molecule has 5 heteroatoms. The average molecular weight is 326 g/mol. The summed E-state index contributed by atoms with van der Waals surface area (Å²) in [4.78, 5) is 20.6. The lowest BCUT2D eigenvalue weighted by Crippen LogP contribution is -2.43. The van der Waals surface area contributed by atoms with Crippen molar-refractivity contribution < 1.29 is 4.79 Å². The lowest BCUT2D eigenvalue weighted by atomic mass is 10.1. The van der Waals surface area contributed by atoms with Gasteiger partial charge in [0.2, 0.25) is 0 Å². The van der Waals surface area contributed by atoms with E-state index < -0.39 is 0 Å². The Morgan fingerprint density at radius 3 is 2.46 bits per heavy atom. The fraction of sp³-hybridized carbons (Fsp3) is 0.368. The van der Waals surface area contributed by atoms with E-state index in [0.717, 1.165) is 18.5 Å². The minimum absolute atomic E-state index is 0.0309. The van der Waals surface area contributed by atoms with Gasteiger partial charge in [0, 0.05) is 38.6 Å². The molecule has 0 unspecified atom stereocenters. The van der Waals surface area contributed by atoms with Crippen LogP contribution in [0.3, 0.4) is 0 Å². The van der Waals surface area contributed by atoms with Gasteiger partial charge in [-0.1, -0.05) is 36.4 Å². The Morgan fingerprint density at radius 1 is 1.04 bits per heavy atom. The normalized spacial score (nSPS) is 10.6. The van der Waals surface area contributed by atoms with Crippen LogP contribution in [0.5, 0.6) is 0 Å². The van der Waals surface area contributed by atoms with Gasteiger partial charge in [-0.15, -0.1) is 0 Å². The number of aromatic nitrogens is 1. The minimum Gasteiger partial charge on any atom is -0.338 e. The summed E-state index contributed by atoms with van der Waals surface area (Å²) in [6, 6.07) is 14.0. The number of likely N-dealkylation sites (N-methyl/N-ethyl adjacent to an activating group) is 1. The fourth-order valence-electron chi connectivity index (χ4n) is 2.36. The number of rotatable bonds is 8. The van der Waals surface area contributed by atoms with Gasteiger partial charge in [0.15, 0.2) is 0 Å². The Bertz CT molecular complexity index is 601. The number of carbonyl (C=O) groups excluding carboxylic acids is 1. The zero-order valence-corrected chi connectivity index (χ0v) is 14.5. The van der Waals surface area contributed by atoms with E-state index in [9.17, 15) is 4.79 Å². The molecule has 0 saturated heterocycles. The number of carbonyl (C=O) groups is 1. The molecule has 1 aromatic carbocycles. The van der Waals surface area contributed by atoms with Crippen LogP contribution in [-0.2, 0) is 13.0 Å². The molecule has 0 aliphatic rings. The Balaban J connectivity index is 1.88. The van der Waals surface area contributed by atoms with Gasteiger partial charge in [-0.2, -0.15) is 0 Å². The molecule has 1 aromatic heterocycles. The first kappa shape index (κ1) is 17.9. The van der Waals surface area contributed by atoms with E-state index in [1.165, 1.54) is 5.56 Å². The van der Waals surface area contributed by atoms with Crippen molar-refractivity contribution in [2.45, 2.75) is 13.0 Å². The predicted molar refractivity (Wildman–Crippen MR) is 96.7 cm³/mol. The van der Waals surface area contributed by atoms with Crippen molar-refractivity contribution in [3.05, 3.63) is 66.0 Å². The molecule has 5 nitrogen and oxygen atoms in total. The molecule has 2 amide bonds. The lowest BCUT2D eigenvalue weighted by Gasteiger charge is -2.24. The number of hydrogen-bond donors (Lipinski definition) is 1. The number of hydrogen-bond acceptors (Lipinski definition) is 3. The topological polar surface area (TPSA) is 48.5 Å². The number of amides is 2. The van der Waals surface area contributed by atoms with E-state index >= 15 is 0 Å². The first-order valence-electron chi connectivity index (χ1n) is 8.25. The van der Waals surface area contributed by atoms with Crippen molar-refractivity contribution in [3.63, 3.8) is 0 Å². The van der Waals surface area contributed by atoms with Gasteiger partial charge in [-0.25, -0.2) is 4.79 Å². The standard InChI is InChI=1S/C19H26N4O/c1-22(2)13-14-23(16-18-9-6-11-20-15-18)19(24)21-12-10-17-7-4-3-5-8-17/h3-9,11,15H,10,12-14,16H2,1-2H3,(H,21,24). The van der Waals surface area contributed by atoms with Crippen LogP contribution >= 0.6 is 0 Å². The van der Waals surface area contributed by atoms with Crippen molar-refractivity contribution in [2.24, 2.45) is 0 Å². The highest BCUT2D eigenvalue weighted by atomic mass is 16.2. The molecule has 128 valence electrons. The van der Waals surface area contributed by atoms with E-state index in [4.69, 9.17) is 0 Å². The highest BCUT2D eigenvalue weighted by Gasteiger charge is 2.13. The van der Waals surface area contributed by atoms with Crippen molar-refractivity contribution >= 4 is 6.03 Å². The summed E-state index contributed by atoms with van der Waals surface area (Å²) in [5, 5.41) is 3.02. The molecule has 0 atom stereocenters. The van der Waals surface area contributed by atoms with E-state index in [1.54, 1.807) is 12.4 Å². The first-order chi connectivity index (χ1) is 11.6. The van der Waals surface area contributed by atoms with Gasteiger partial charge in [-0.05, 0) is 37.7 Å². The number of pyridine rings is 1. The van der Waals surface area contributed by atoms with Crippen LogP contribution in [0.1, 0.15) is 11.1 Å². The molecule has 0 fully saturated rings. The minimum atomic E-state index is -0.0309. The third-order valence-corrected chi connectivity index (χ3v) is 3.73. The molecule has 0 aliphatic heterocycles. The molecule has 0 spiro atoms. The van der Waals surface area contributed by atoms with Crippen molar-refractivity contribution in [1.29, 1.82) is 0 Å². The van der Waals surface area contributed by atoms with Crippen LogP contribution in [0.25, 0.3) is 0 Å². The van der Waals surface area contributed by atoms with Crippen LogP contribution in [0.2, 0.25) is 0 Å². The maximum Gasteiger partial charge on any atom is 0.317 e. The predicted octanol–water partition coefficient (Wildman–Crippen LogP) is 2.40. The van der Waals surface area contributed by atoms with E-state index in [1.807, 2.05) is 49.3 Å². The van der Waals surface area contributed by atoms with Crippen LogP contribution in [0.15, 0.2) is 54.9 Å². The van der Waals surface area contributed by atoms with Crippen molar-refractivity contribution in [3.8, 4) is 0 Å². The maximum atomic E-state index is 12.5. The van der Waals surface area contributed by atoms with E-state index in [2.05, 4.69) is 27.3 Å². The van der Waals surface area contributed by atoms with Crippen LogP contribution in [-0.4, -0.2) is 54.5 Å². The lowest BCUT2D eigenvalue weighted by molar-refractivity contribution is 0.189. The second-order valence-corrected chi connectivity index (χ2v) is 6.05. The summed E-state index contributed by atoms with van der Waals surface area (Å²) in [6.45, 7) is 2.71. The molecule has 2 rings (SSSR count). The number of nitrogens with zero attached hydrogens (tertiary/aromatic N) is 3. The number of benzene rings is 1. The largest absolute Gasteiger partial charge is 0.338 e. The highest BCUT2D eigenvalue weighted by molar-refractivity contribution is 5.74. The first-order valence-corrected chi connectivity index (χ1v) is 8.25. The van der Waals surface area contributed by atoms with Gasteiger partial charge < -0.3 is 15.1 Å². The molecule has 0 radical (unpaired) electrons. The third-order valence-electron chi connectivity index (χ3n) is 3.73. The molecule has 0 bridgehead atoms. The Labute approximate surface area is 144 Å². The van der Waals surface area contributed by atoms with Crippen molar-refractivity contribution in [1.82, 2.24) is 20.1 Å². The number of urea groups is 1. The second kappa shape index (κ2) is 9.67. The Kier molecular flexibility index (Phi) is 7.23. The third kappa shape index (κ3) is 6.38. The average Bonchev–Trinajstić information content (AvgIpc) is 2.60. The van der Waals surface area contributed by atoms with Crippen LogP contribution in [0, 0.1) is 0 Å². The summed E-state index contributed by atoms with van der Waals surface area (Å²) in [6.07, 6.45) is 4.38. The van der Waals surface area contributed by atoms with Crippen LogP contribution < -0.4 is 5.32 Å². The molecular formula is C19H26N4O. The zero-order chi connectivity index (χ0) is 17.2. The Hall–Kier alpha value is -2.40. The maximum absolute atomic E-state index is 12.5. The van der Waals surface area contributed by atoms with Gasteiger partial charge >= 0.3 is 6.03 Å². The van der Waals surface area contributed by atoms with Gasteiger partial charge in [0.05, 0.1) is 0 Å². The quantitative estimate of drug-likeness (QED) is 0.810. The fourth-order valence-corrected chi connectivity index (χ4v) is 2.36. The van der Waals surface area contributed by atoms with Crippen LogP contribution in [0.4, 0.5) is 4.79 Å². The summed E-state index contributed by atoms with van der Waals surface area (Å²) in [5.41, 5.74) is 2.26. The molecule has 2 aromatic rings. The molecule has 24 heavy (non-hydrogen) atoms. The zero-order valence-electron chi connectivity index (χ0n) is 14.5.